The summed E-state index contributed by atoms with van der Waals surface area (Å²) in [4.78, 5) is 14.3. The Hall–Kier alpha value is -2.21. The summed E-state index contributed by atoms with van der Waals surface area (Å²) in [6.45, 7) is 3.08. The summed E-state index contributed by atoms with van der Waals surface area (Å²) in [5.41, 5.74) is 0.942. The number of carbonyl (C=O) groups excluding carboxylic acids is 1. The van der Waals surface area contributed by atoms with Crippen molar-refractivity contribution in [1.82, 2.24) is 15.5 Å². The molecule has 2 amide bonds. The molecule has 0 aliphatic carbocycles. The Labute approximate surface area is 129 Å². The van der Waals surface area contributed by atoms with E-state index < -0.39 is 0 Å². The highest BCUT2D eigenvalue weighted by Crippen LogP contribution is 2.24. The first-order valence-corrected chi connectivity index (χ1v) is 7.63. The average Bonchev–Trinajstić information content (AvgIpc) is 3.27. The van der Waals surface area contributed by atoms with Crippen LogP contribution >= 0.6 is 0 Å². The van der Waals surface area contributed by atoms with E-state index in [1.807, 2.05) is 18.2 Å². The molecule has 0 spiro atoms. The molecule has 2 aromatic rings. The van der Waals surface area contributed by atoms with Crippen molar-refractivity contribution in [2.75, 3.05) is 19.6 Å². The van der Waals surface area contributed by atoms with E-state index in [0.29, 0.717) is 13.1 Å². The summed E-state index contributed by atoms with van der Waals surface area (Å²) >= 11 is 0. The number of carbonyl (C=O) groups is 1. The van der Waals surface area contributed by atoms with Crippen molar-refractivity contribution in [1.29, 1.82) is 0 Å². The number of amides is 2. The first-order valence-electron chi connectivity index (χ1n) is 7.63. The van der Waals surface area contributed by atoms with E-state index in [9.17, 15) is 4.79 Å². The lowest BCUT2D eigenvalue weighted by molar-refractivity contribution is 0.203. The Morgan fingerprint density at radius 2 is 2.09 bits per heavy atom. The van der Waals surface area contributed by atoms with Crippen LogP contribution in [0.2, 0.25) is 0 Å². The van der Waals surface area contributed by atoms with Gasteiger partial charge in [-0.1, -0.05) is 0 Å². The second kappa shape index (κ2) is 7.17. The van der Waals surface area contributed by atoms with Crippen LogP contribution in [0, 0.1) is 0 Å². The molecule has 1 saturated heterocycles. The monoisotopic (exact) mass is 303 g/mol. The third-order valence-electron chi connectivity index (χ3n) is 3.94. The number of likely N-dealkylation sites (tertiary alicyclic amines) is 1. The minimum atomic E-state index is -0.183. The first kappa shape index (κ1) is 14.7. The molecular weight excluding hydrogens is 282 g/mol. The molecule has 6 nitrogen and oxygen atoms in total. The van der Waals surface area contributed by atoms with Crippen LogP contribution in [0.15, 0.2) is 45.8 Å². The summed E-state index contributed by atoms with van der Waals surface area (Å²) in [5.74, 6) is 0.900. The lowest BCUT2D eigenvalue weighted by Crippen LogP contribution is -2.41. The largest absolute Gasteiger partial charge is 0.472 e. The Balaban J connectivity index is 1.51. The Kier molecular flexibility index (Phi) is 4.80. The molecule has 3 heterocycles. The van der Waals surface area contributed by atoms with Crippen LogP contribution in [0.3, 0.4) is 0 Å². The van der Waals surface area contributed by atoms with E-state index in [2.05, 4.69) is 15.5 Å². The van der Waals surface area contributed by atoms with Crippen LogP contribution in [-0.4, -0.2) is 30.6 Å². The van der Waals surface area contributed by atoms with E-state index in [1.165, 1.54) is 12.8 Å². The average molecular weight is 303 g/mol. The molecule has 22 heavy (non-hydrogen) atoms. The third kappa shape index (κ3) is 3.71. The molecule has 118 valence electrons. The SMILES string of the molecule is O=C(NCc1ccoc1)NC[C@H](c1ccco1)N1CCCC1. The van der Waals surface area contributed by atoms with E-state index in [0.717, 1.165) is 24.4 Å². The zero-order valence-corrected chi connectivity index (χ0v) is 12.5. The lowest BCUT2D eigenvalue weighted by atomic mass is 10.2. The number of urea groups is 1. The zero-order chi connectivity index (χ0) is 15.2. The van der Waals surface area contributed by atoms with Gasteiger partial charge < -0.3 is 19.5 Å². The van der Waals surface area contributed by atoms with E-state index in [-0.39, 0.29) is 12.1 Å². The molecule has 2 aromatic heterocycles. The molecule has 1 fully saturated rings. The predicted octanol–water partition coefficient (Wildman–Crippen LogP) is 2.51. The molecule has 2 N–H and O–H groups in total. The van der Waals surface area contributed by atoms with Crippen LogP contribution in [0.5, 0.6) is 0 Å². The molecule has 0 radical (unpaired) electrons. The van der Waals surface area contributed by atoms with Gasteiger partial charge in [0.05, 0.1) is 24.8 Å². The number of furan rings is 2. The molecule has 1 aliphatic rings. The summed E-state index contributed by atoms with van der Waals surface area (Å²) in [6.07, 6.45) is 7.29. The predicted molar refractivity (Wildman–Crippen MR) is 81.2 cm³/mol. The lowest BCUT2D eigenvalue weighted by Gasteiger charge is -2.26. The van der Waals surface area contributed by atoms with Crippen molar-refractivity contribution in [2.24, 2.45) is 0 Å². The van der Waals surface area contributed by atoms with Gasteiger partial charge in [-0.05, 0) is 44.1 Å². The van der Waals surface area contributed by atoms with Crippen LogP contribution < -0.4 is 10.6 Å². The molecule has 0 bridgehead atoms. The van der Waals surface area contributed by atoms with Gasteiger partial charge in [-0.15, -0.1) is 0 Å². The molecule has 1 atom stereocenters. The van der Waals surface area contributed by atoms with Gasteiger partial charge in [0.25, 0.3) is 0 Å². The van der Waals surface area contributed by atoms with Crippen LogP contribution in [0.1, 0.15) is 30.2 Å². The van der Waals surface area contributed by atoms with Crippen molar-refractivity contribution in [3.63, 3.8) is 0 Å². The maximum atomic E-state index is 11.9. The van der Waals surface area contributed by atoms with E-state index in [4.69, 9.17) is 8.83 Å². The molecular formula is C16H21N3O3. The minimum Gasteiger partial charge on any atom is -0.472 e. The van der Waals surface area contributed by atoms with E-state index in [1.54, 1.807) is 18.8 Å². The van der Waals surface area contributed by atoms with Gasteiger partial charge in [-0.2, -0.15) is 0 Å². The van der Waals surface area contributed by atoms with Crippen LogP contribution in [0.25, 0.3) is 0 Å². The number of nitrogens with one attached hydrogen (secondary N) is 2. The standard InChI is InChI=1S/C16H21N3O3/c20-16(17-10-13-5-9-21-12-13)18-11-14(15-4-3-8-22-15)19-6-1-2-7-19/h3-5,8-9,12,14H,1-2,6-7,10-11H2,(H2,17,18,20)/t14-/m1/s1. The fourth-order valence-electron chi connectivity index (χ4n) is 2.77. The van der Waals surface area contributed by atoms with Crippen molar-refractivity contribution in [3.05, 3.63) is 48.3 Å². The molecule has 6 heteroatoms. The Bertz CT molecular complexity index is 559. The highest BCUT2D eigenvalue weighted by Gasteiger charge is 2.25. The van der Waals surface area contributed by atoms with Gasteiger partial charge in [0.2, 0.25) is 0 Å². The number of nitrogens with zero attached hydrogens (tertiary/aromatic N) is 1. The van der Waals surface area contributed by atoms with Crippen LogP contribution in [-0.2, 0) is 6.54 Å². The van der Waals surface area contributed by atoms with Crippen molar-refractivity contribution in [2.45, 2.75) is 25.4 Å². The smallest absolute Gasteiger partial charge is 0.315 e. The number of hydrogen-bond acceptors (Lipinski definition) is 4. The second-order valence-electron chi connectivity index (χ2n) is 5.47. The van der Waals surface area contributed by atoms with E-state index >= 15 is 0 Å². The summed E-state index contributed by atoms with van der Waals surface area (Å²) in [6, 6.07) is 5.59. The van der Waals surface area contributed by atoms with Gasteiger partial charge in [-0.3, -0.25) is 4.90 Å². The normalized spacial score (nSPS) is 16.5. The Morgan fingerprint density at radius 1 is 1.23 bits per heavy atom. The third-order valence-corrected chi connectivity index (χ3v) is 3.94. The van der Waals surface area contributed by atoms with Gasteiger partial charge in [0.1, 0.15) is 5.76 Å². The number of rotatable bonds is 6. The molecule has 0 aromatic carbocycles. The van der Waals surface area contributed by atoms with Crippen LogP contribution in [0.4, 0.5) is 4.79 Å². The summed E-state index contributed by atoms with van der Waals surface area (Å²) in [5, 5.41) is 5.75. The quantitative estimate of drug-likeness (QED) is 0.860. The fraction of sp³-hybridized carbons (Fsp3) is 0.438. The highest BCUT2D eigenvalue weighted by atomic mass is 16.3. The summed E-state index contributed by atoms with van der Waals surface area (Å²) < 4.78 is 10.5. The fourth-order valence-corrected chi connectivity index (χ4v) is 2.77. The van der Waals surface area contributed by atoms with Gasteiger partial charge in [0.15, 0.2) is 0 Å². The van der Waals surface area contributed by atoms with Gasteiger partial charge in [-0.25, -0.2) is 4.79 Å². The number of hydrogen-bond donors (Lipinski definition) is 2. The molecule has 0 saturated carbocycles. The highest BCUT2D eigenvalue weighted by molar-refractivity contribution is 5.73. The molecule has 3 rings (SSSR count). The van der Waals surface area contributed by atoms with Gasteiger partial charge >= 0.3 is 6.03 Å². The summed E-state index contributed by atoms with van der Waals surface area (Å²) in [7, 11) is 0. The first-order chi connectivity index (χ1) is 10.8. The minimum absolute atomic E-state index is 0.0946. The topological polar surface area (TPSA) is 70.6 Å². The maximum Gasteiger partial charge on any atom is 0.315 e. The zero-order valence-electron chi connectivity index (χ0n) is 12.5. The molecule has 0 unspecified atom stereocenters. The van der Waals surface area contributed by atoms with Crippen molar-refractivity contribution < 1.29 is 13.6 Å². The maximum absolute atomic E-state index is 11.9. The second-order valence-corrected chi connectivity index (χ2v) is 5.47. The Morgan fingerprint density at radius 3 is 2.77 bits per heavy atom. The van der Waals surface area contributed by atoms with Crippen molar-refractivity contribution >= 4 is 6.03 Å². The molecule has 1 aliphatic heterocycles. The van der Waals surface area contributed by atoms with Crippen molar-refractivity contribution in [3.8, 4) is 0 Å². The van der Waals surface area contributed by atoms with Gasteiger partial charge in [0, 0.05) is 18.7 Å².